The lowest BCUT2D eigenvalue weighted by Crippen LogP contribution is -2.26. The van der Waals surface area contributed by atoms with E-state index in [1.54, 1.807) is 18.0 Å². The average molecular weight is 241 g/mol. The molecule has 0 aliphatic rings. The number of rotatable bonds is 4. The fraction of sp³-hybridized carbons (Fsp3) is 0.500. The van der Waals surface area contributed by atoms with Gasteiger partial charge in [0.25, 0.3) is 5.91 Å². The van der Waals surface area contributed by atoms with Gasteiger partial charge in [0.1, 0.15) is 5.15 Å². The summed E-state index contributed by atoms with van der Waals surface area (Å²) in [6.45, 7) is 4.69. The predicted octanol–water partition coefficient (Wildman–Crippen LogP) is 2.78. The fourth-order valence-corrected chi connectivity index (χ4v) is 1.65. The molecule has 0 aliphatic carbocycles. The summed E-state index contributed by atoms with van der Waals surface area (Å²) < 4.78 is 0. The van der Waals surface area contributed by atoms with Crippen molar-refractivity contribution in [2.45, 2.75) is 26.7 Å². The molecule has 0 bridgehead atoms. The van der Waals surface area contributed by atoms with Gasteiger partial charge in [-0.15, -0.1) is 0 Å². The smallest absolute Gasteiger partial charge is 0.253 e. The van der Waals surface area contributed by atoms with Crippen molar-refractivity contribution in [1.29, 1.82) is 0 Å². The van der Waals surface area contributed by atoms with Gasteiger partial charge in [0.05, 0.1) is 0 Å². The predicted molar refractivity (Wildman–Crippen MR) is 65.9 cm³/mol. The first-order chi connectivity index (χ1) is 7.58. The van der Waals surface area contributed by atoms with E-state index in [2.05, 4.69) is 11.9 Å². The maximum atomic E-state index is 11.9. The van der Waals surface area contributed by atoms with Crippen LogP contribution in [0.2, 0.25) is 5.15 Å². The number of nitrogens with zero attached hydrogens (tertiary/aromatic N) is 2. The van der Waals surface area contributed by atoms with Crippen LogP contribution < -0.4 is 0 Å². The second-order valence-corrected chi connectivity index (χ2v) is 4.13. The van der Waals surface area contributed by atoms with Crippen LogP contribution in [0.15, 0.2) is 12.1 Å². The summed E-state index contributed by atoms with van der Waals surface area (Å²) in [4.78, 5) is 17.8. The first-order valence-corrected chi connectivity index (χ1v) is 5.88. The number of aryl methyl sites for hydroxylation is 1. The molecule has 1 aromatic rings. The maximum absolute atomic E-state index is 11.9. The summed E-state index contributed by atoms with van der Waals surface area (Å²) in [7, 11) is 1.77. The van der Waals surface area contributed by atoms with Gasteiger partial charge in [-0.3, -0.25) is 4.79 Å². The minimum absolute atomic E-state index is 0.0100. The highest BCUT2D eigenvalue weighted by Gasteiger charge is 2.12. The molecule has 4 heteroatoms. The molecule has 0 fully saturated rings. The monoisotopic (exact) mass is 240 g/mol. The second-order valence-electron chi connectivity index (χ2n) is 3.74. The summed E-state index contributed by atoms with van der Waals surface area (Å²) in [5.74, 6) is -0.0100. The number of amides is 1. The minimum Gasteiger partial charge on any atom is -0.342 e. The molecule has 0 N–H and O–H groups in total. The van der Waals surface area contributed by atoms with Crippen molar-refractivity contribution >= 4 is 17.5 Å². The quantitative estimate of drug-likeness (QED) is 0.759. The van der Waals surface area contributed by atoms with E-state index in [4.69, 9.17) is 11.6 Å². The van der Waals surface area contributed by atoms with Crippen LogP contribution in [0.4, 0.5) is 0 Å². The molecule has 1 aromatic heterocycles. The number of hydrogen-bond donors (Lipinski definition) is 0. The van der Waals surface area contributed by atoms with Crippen LogP contribution in [0.25, 0.3) is 0 Å². The highest BCUT2D eigenvalue weighted by molar-refractivity contribution is 6.29. The van der Waals surface area contributed by atoms with E-state index in [1.165, 1.54) is 0 Å². The Morgan fingerprint density at radius 1 is 1.44 bits per heavy atom. The minimum atomic E-state index is -0.0100. The van der Waals surface area contributed by atoms with Gasteiger partial charge in [-0.05, 0) is 25.5 Å². The molecule has 0 saturated heterocycles. The lowest BCUT2D eigenvalue weighted by atomic mass is 10.1. The summed E-state index contributed by atoms with van der Waals surface area (Å²) in [6, 6.07) is 3.44. The molecule has 0 radical (unpaired) electrons. The summed E-state index contributed by atoms with van der Waals surface area (Å²) in [5, 5.41) is 0.388. The van der Waals surface area contributed by atoms with Gasteiger partial charge in [-0.25, -0.2) is 4.98 Å². The van der Waals surface area contributed by atoms with Gasteiger partial charge in [0.15, 0.2) is 0 Å². The van der Waals surface area contributed by atoms with E-state index in [0.717, 1.165) is 18.5 Å². The van der Waals surface area contributed by atoms with Crippen molar-refractivity contribution in [3.05, 3.63) is 28.5 Å². The Bertz CT molecular complexity index is 379. The van der Waals surface area contributed by atoms with E-state index in [-0.39, 0.29) is 5.91 Å². The lowest BCUT2D eigenvalue weighted by Gasteiger charge is -2.15. The van der Waals surface area contributed by atoms with Gasteiger partial charge < -0.3 is 4.90 Å². The van der Waals surface area contributed by atoms with Crippen LogP contribution in [0, 0.1) is 0 Å². The molecule has 1 heterocycles. The Balaban J connectivity index is 2.99. The van der Waals surface area contributed by atoms with E-state index >= 15 is 0 Å². The fourth-order valence-electron chi connectivity index (χ4n) is 1.42. The zero-order chi connectivity index (χ0) is 12.1. The van der Waals surface area contributed by atoms with Gasteiger partial charge in [0.2, 0.25) is 0 Å². The molecule has 0 spiro atoms. The van der Waals surface area contributed by atoms with Crippen molar-refractivity contribution in [3.63, 3.8) is 0 Å². The molecular weight excluding hydrogens is 224 g/mol. The van der Waals surface area contributed by atoms with Crippen molar-refractivity contribution in [2.75, 3.05) is 13.6 Å². The molecule has 0 aromatic carbocycles. The van der Waals surface area contributed by atoms with Crippen molar-refractivity contribution in [3.8, 4) is 0 Å². The van der Waals surface area contributed by atoms with E-state index in [1.807, 2.05) is 13.0 Å². The highest BCUT2D eigenvalue weighted by Crippen LogP contribution is 2.13. The average Bonchev–Trinajstić information content (AvgIpc) is 2.26. The number of carbonyl (C=O) groups excluding carboxylic acids is 1. The number of pyridine rings is 1. The van der Waals surface area contributed by atoms with Crippen molar-refractivity contribution in [1.82, 2.24) is 9.88 Å². The normalized spacial score (nSPS) is 10.2. The molecule has 3 nitrogen and oxygen atoms in total. The van der Waals surface area contributed by atoms with Crippen molar-refractivity contribution < 1.29 is 4.79 Å². The third-order valence-corrected chi connectivity index (χ3v) is 2.61. The third kappa shape index (κ3) is 3.20. The maximum Gasteiger partial charge on any atom is 0.253 e. The van der Waals surface area contributed by atoms with Crippen LogP contribution in [-0.2, 0) is 6.42 Å². The standard InChI is InChI=1S/C12H17ClN2O/c1-4-6-10-7-9(8-11(13)14-10)12(16)15(3)5-2/h7-8H,4-6H2,1-3H3. The van der Waals surface area contributed by atoms with Crippen LogP contribution in [0.3, 0.4) is 0 Å². The van der Waals surface area contributed by atoms with E-state index in [9.17, 15) is 4.79 Å². The molecule has 88 valence electrons. The van der Waals surface area contributed by atoms with E-state index in [0.29, 0.717) is 17.3 Å². The Morgan fingerprint density at radius 3 is 2.69 bits per heavy atom. The number of hydrogen-bond acceptors (Lipinski definition) is 2. The molecule has 1 amide bonds. The molecule has 0 aliphatic heterocycles. The number of carbonyl (C=O) groups is 1. The Morgan fingerprint density at radius 2 is 2.12 bits per heavy atom. The Labute approximate surface area is 101 Å². The number of aromatic nitrogens is 1. The van der Waals surface area contributed by atoms with Crippen LogP contribution in [0.5, 0.6) is 0 Å². The molecule has 1 rings (SSSR count). The third-order valence-electron chi connectivity index (χ3n) is 2.42. The molecular formula is C12H17ClN2O. The van der Waals surface area contributed by atoms with Gasteiger partial charge in [0, 0.05) is 24.8 Å². The Kier molecular flexibility index (Phi) is 4.74. The van der Waals surface area contributed by atoms with Crippen molar-refractivity contribution in [2.24, 2.45) is 0 Å². The zero-order valence-corrected chi connectivity index (χ0v) is 10.7. The summed E-state index contributed by atoms with van der Waals surface area (Å²) in [5.41, 5.74) is 1.50. The number of halogens is 1. The molecule has 16 heavy (non-hydrogen) atoms. The van der Waals surface area contributed by atoms with Crippen LogP contribution in [-0.4, -0.2) is 29.4 Å². The molecule has 0 saturated carbocycles. The highest BCUT2D eigenvalue weighted by atomic mass is 35.5. The SMILES string of the molecule is CCCc1cc(C(=O)N(C)CC)cc(Cl)n1. The van der Waals surface area contributed by atoms with E-state index < -0.39 is 0 Å². The topological polar surface area (TPSA) is 33.2 Å². The van der Waals surface area contributed by atoms with Gasteiger partial charge in [-0.1, -0.05) is 24.9 Å². The first kappa shape index (κ1) is 13.0. The van der Waals surface area contributed by atoms with Crippen LogP contribution >= 0.6 is 11.6 Å². The van der Waals surface area contributed by atoms with Gasteiger partial charge >= 0.3 is 0 Å². The van der Waals surface area contributed by atoms with Gasteiger partial charge in [-0.2, -0.15) is 0 Å². The zero-order valence-electron chi connectivity index (χ0n) is 9.96. The lowest BCUT2D eigenvalue weighted by molar-refractivity contribution is 0.0802. The Hall–Kier alpha value is -1.09. The van der Waals surface area contributed by atoms with Crippen LogP contribution in [0.1, 0.15) is 36.3 Å². The summed E-state index contributed by atoms with van der Waals surface area (Å²) >= 11 is 5.90. The first-order valence-electron chi connectivity index (χ1n) is 5.50. The largest absolute Gasteiger partial charge is 0.342 e. The summed E-state index contributed by atoms with van der Waals surface area (Å²) in [6.07, 6.45) is 1.83. The molecule has 0 unspecified atom stereocenters. The molecule has 0 atom stereocenters. The second kappa shape index (κ2) is 5.85.